The summed E-state index contributed by atoms with van der Waals surface area (Å²) in [6, 6.07) is 7.03. The molecule has 1 aromatic heterocycles. The van der Waals surface area contributed by atoms with Crippen molar-refractivity contribution in [2.45, 2.75) is 19.0 Å². The third kappa shape index (κ3) is 4.33. The van der Waals surface area contributed by atoms with E-state index in [1.165, 1.54) is 0 Å². The number of nitrogens with zero attached hydrogens (tertiary/aromatic N) is 2. The highest BCUT2D eigenvalue weighted by molar-refractivity contribution is 7.99. The molecule has 27 heavy (non-hydrogen) atoms. The molecule has 0 saturated carbocycles. The van der Waals surface area contributed by atoms with Crippen LogP contribution in [0.4, 0.5) is 18.9 Å². The number of carbonyl (C=O) groups excluding carboxylic acids is 1. The van der Waals surface area contributed by atoms with Crippen LogP contribution in [0.2, 0.25) is 0 Å². The molecule has 3 aromatic rings. The molecule has 3 rings (SSSR count). The number of aromatic nitrogens is 2. The first-order valence-corrected chi connectivity index (χ1v) is 9.02. The maximum absolute atomic E-state index is 13.6. The molecule has 0 saturated heterocycles. The van der Waals surface area contributed by atoms with Crippen molar-refractivity contribution < 1.29 is 18.0 Å². The number of aryl methyl sites for hydroxylation is 2. The first-order valence-electron chi connectivity index (χ1n) is 8.03. The van der Waals surface area contributed by atoms with Crippen LogP contribution in [0.15, 0.2) is 47.9 Å². The number of halogens is 3. The quantitative estimate of drug-likeness (QED) is 0.509. The molecular weight excluding hydrogens is 375 g/mol. The molecule has 4 nitrogen and oxygen atoms in total. The van der Waals surface area contributed by atoms with Crippen molar-refractivity contribution in [2.24, 2.45) is 0 Å². The first-order chi connectivity index (χ1) is 12.8. The third-order valence-electron chi connectivity index (χ3n) is 3.85. The minimum absolute atomic E-state index is 0.0691. The average Bonchev–Trinajstić information content (AvgIpc) is 3.08. The summed E-state index contributed by atoms with van der Waals surface area (Å²) in [5.74, 6) is -4.20. The SMILES string of the molecule is Cc1ccc(C)c(-n2ccnc2SCC(=O)Nc2cc(F)c(F)cc2F)c1. The predicted octanol–water partition coefficient (Wildman–Crippen LogP) is 4.64. The Hall–Kier alpha value is -2.74. The fraction of sp³-hybridized carbons (Fsp3) is 0.158. The highest BCUT2D eigenvalue weighted by atomic mass is 32.2. The van der Waals surface area contributed by atoms with Gasteiger partial charge in [0.1, 0.15) is 5.82 Å². The summed E-state index contributed by atoms with van der Waals surface area (Å²) in [5.41, 5.74) is 2.68. The average molecular weight is 391 g/mol. The van der Waals surface area contributed by atoms with Gasteiger partial charge in [-0.2, -0.15) is 0 Å². The molecule has 0 radical (unpaired) electrons. The van der Waals surface area contributed by atoms with Crippen molar-refractivity contribution in [1.82, 2.24) is 9.55 Å². The van der Waals surface area contributed by atoms with Crippen LogP contribution in [0.1, 0.15) is 11.1 Å². The normalized spacial score (nSPS) is 10.9. The summed E-state index contributed by atoms with van der Waals surface area (Å²) < 4.78 is 41.7. The van der Waals surface area contributed by atoms with E-state index in [1.807, 2.05) is 36.6 Å². The lowest BCUT2D eigenvalue weighted by atomic mass is 10.1. The molecule has 1 heterocycles. The number of rotatable bonds is 5. The van der Waals surface area contributed by atoms with Crippen LogP contribution in [0, 0.1) is 31.3 Å². The number of thioether (sulfide) groups is 1. The zero-order chi connectivity index (χ0) is 19.6. The Morgan fingerprint density at radius 1 is 1.11 bits per heavy atom. The second-order valence-corrected chi connectivity index (χ2v) is 6.90. The van der Waals surface area contributed by atoms with Crippen LogP contribution in [0.25, 0.3) is 5.69 Å². The standard InChI is InChI=1S/C19H16F3N3OS/c1-11-3-4-12(2)17(7-11)25-6-5-23-19(25)27-10-18(26)24-16-9-14(21)13(20)8-15(16)22/h3-9H,10H2,1-2H3,(H,24,26). The summed E-state index contributed by atoms with van der Waals surface area (Å²) >= 11 is 1.15. The zero-order valence-corrected chi connectivity index (χ0v) is 15.4. The second-order valence-electron chi connectivity index (χ2n) is 5.95. The lowest BCUT2D eigenvalue weighted by Crippen LogP contribution is -2.16. The fourth-order valence-electron chi connectivity index (χ4n) is 2.49. The number of hydrogen-bond acceptors (Lipinski definition) is 3. The smallest absolute Gasteiger partial charge is 0.234 e. The molecule has 0 aliphatic heterocycles. The van der Waals surface area contributed by atoms with Gasteiger partial charge in [-0.3, -0.25) is 9.36 Å². The van der Waals surface area contributed by atoms with Gasteiger partial charge in [0.25, 0.3) is 0 Å². The fourth-order valence-corrected chi connectivity index (χ4v) is 3.26. The van der Waals surface area contributed by atoms with Gasteiger partial charge in [-0.05, 0) is 31.0 Å². The summed E-state index contributed by atoms with van der Waals surface area (Å²) in [5, 5.41) is 2.83. The van der Waals surface area contributed by atoms with Gasteiger partial charge in [0.2, 0.25) is 5.91 Å². The van der Waals surface area contributed by atoms with Gasteiger partial charge in [0.05, 0.1) is 17.1 Å². The van der Waals surface area contributed by atoms with Gasteiger partial charge in [0, 0.05) is 24.5 Å². The molecule has 0 aliphatic rings. The van der Waals surface area contributed by atoms with Gasteiger partial charge in [-0.25, -0.2) is 18.2 Å². The Balaban J connectivity index is 1.71. The van der Waals surface area contributed by atoms with E-state index >= 15 is 0 Å². The number of hydrogen-bond donors (Lipinski definition) is 1. The van der Waals surface area contributed by atoms with E-state index in [9.17, 15) is 18.0 Å². The molecule has 2 aromatic carbocycles. The lowest BCUT2D eigenvalue weighted by molar-refractivity contribution is -0.113. The molecule has 0 bridgehead atoms. The number of benzene rings is 2. The van der Waals surface area contributed by atoms with Crippen LogP contribution in [-0.2, 0) is 4.79 Å². The molecule has 0 fully saturated rings. The monoisotopic (exact) mass is 391 g/mol. The summed E-state index contributed by atoms with van der Waals surface area (Å²) in [7, 11) is 0. The van der Waals surface area contributed by atoms with Crippen LogP contribution in [0.3, 0.4) is 0 Å². The summed E-state index contributed by atoms with van der Waals surface area (Å²) in [4.78, 5) is 16.3. The van der Waals surface area contributed by atoms with E-state index < -0.39 is 29.0 Å². The Bertz CT molecular complexity index is 1000. The minimum Gasteiger partial charge on any atom is -0.323 e. The molecular formula is C19H16F3N3OS. The molecule has 1 N–H and O–H groups in total. The summed E-state index contributed by atoms with van der Waals surface area (Å²) in [6.45, 7) is 3.96. The minimum atomic E-state index is -1.31. The molecule has 0 spiro atoms. The Labute approximate surface area is 158 Å². The van der Waals surface area contributed by atoms with Gasteiger partial charge in [0.15, 0.2) is 16.8 Å². The van der Waals surface area contributed by atoms with Gasteiger partial charge < -0.3 is 5.32 Å². The van der Waals surface area contributed by atoms with Crippen LogP contribution in [0.5, 0.6) is 0 Å². The molecule has 0 aliphatic carbocycles. The maximum Gasteiger partial charge on any atom is 0.234 e. The van der Waals surface area contributed by atoms with Gasteiger partial charge >= 0.3 is 0 Å². The van der Waals surface area contributed by atoms with Crippen molar-refractivity contribution >= 4 is 23.4 Å². The van der Waals surface area contributed by atoms with Gasteiger partial charge in [-0.1, -0.05) is 23.9 Å². The van der Waals surface area contributed by atoms with E-state index in [2.05, 4.69) is 10.3 Å². The van der Waals surface area contributed by atoms with E-state index in [0.29, 0.717) is 17.3 Å². The van der Waals surface area contributed by atoms with Gasteiger partial charge in [-0.15, -0.1) is 0 Å². The molecule has 1 amide bonds. The van der Waals surface area contributed by atoms with E-state index in [-0.39, 0.29) is 5.75 Å². The zero-order valence-electron chi connectivity index (χ0n) is 14.6. The number of anilines is 1. The molecule has 0 unspecified atom stereocenters. The van der Waals surface area contributed by atoms with Crippen LogP contribution >= 0.6 is 11.8 Å². The summed E-state index contributed by atoms with van der Waals surface area (Å²) in [6.07, 6.45) is 3.41. The molecule has 0 atom stereocenters. The van der Waals surface area contributed by atoms with Crippen molar-refractivity contribution in [3.05, 3.63) is 71.3 Å². The Kier molecular flexibility index (Phi) is 5.55. The molecule has 8 heteroatoms. The van der Waals surface area contributed by atoms with E-state index in [1.54, 1.807) is 12.4 Å². The predicted molar refractivity (Wildman–Crippen MR) is 98.7 cm³/mol. The van der Waals surface area contributed by atoms with Crippen molar-refractivity contribution in [3.63, 3.8) is 0 Å². The van der Waals surface area contributed by atoms with E-state index in [0.717, 1.165) is 28.6 Å². The lowest BCUT2D eigenvalue weighted by Gasteiger charge is -2.11. The number of amides is 1. The number of nitrogens with one attached hydrogen (secondary N) is 1. The highest BCUT2D eigenvalue weighted by Gasteiger charge is 2.14. The first kappa shape index (κ1) is 19.0. The number of carbonyl (C=O) groups is 1. The largest absolute Gasteiger partial charge is 0.323 e. The van der Waals surface area contributed by atoms with Crippen LogP contribution in [-0.4, -0.2) is 21.2 Å². The van der Waals surface area contributed by atoms with Crippen molar-refractivity contribution in [1.29, 1.82) is 0 Å². The highest BCUT2D eigenvalue weighted by Crippen LogP contribution is 2.24. The Morgan fingerprint density at radius 3 is 2.63 bits per heavy atom. The maximum atomic E-state index is 13.6. The van der Waals surface area contributed by atoms with E-state index in [4.69, 9.17) is 0 Å². The second kappa shape index (κ2) is 7.87. The topological polar surface area (TPSA) is 46.9 Å². The third-order valence-corrected chi connectivity index (χ3v) is 4.81. The van der Waals surface area contributed by atoms with Crippen molar-refractivity contribution in [2.75, 3.05) is 11.1 Å². The molecule has 140 valence electrons. The Morgan fingerprint density at radius 2 is 1.85 bits per heavy atom. The van der Waals surface area contributed by atoms with Crippen LogP contribution < -0.4 is 5.32 Å². The van der Waals surface area contributed by atoms with Crippen molar-refractivity contribution in [3.8, 4) is 5.69 Å². The number of imidazole rings is 1.